The lowest BCUT2D eigenvalue weighted by Gasteiger charge is -2.20. The zero-order chi connectivity index (χ0) is 12.1. The van der Waals surface area contributed by atoms with E-state index in [1.54, 1.807) is 0 Å². The third-order valence-electron chi connectivity index (χ3n) is 2.18. The Morgan fingerprint density at radius 2 is 2.06 bits per heavy atom. The van der Waals surface area contributed by atoms with E-state index in [0.717, 1.165) is 11.3 Å². The number of ketones is 1. The molecule has 0 heterocycles. The van der Waals surface area contributed by atoms with Crippen molar-refractivity contribution in [2.45, 2.75) is 13.8 Å². The first-order valence-electron chi connectivity index (χ1n) is 4.97. The Hall–Kier alpha value is -1.16. The predicted octanol–water partition coefficient (Wildman–Crippen LogP) is 2.31. The molecule has 0 unspecified atom stereocenters. The van der Waals surface area contributed by atoms with Gasteiger partial charge in [0.15, 0.2) is 5.78 Å². The molecule has 0 aliphatic carbocycles. The van der Waals surface area contributed by atoms with E-state index in [9.17, 15) is 9.59 Å². The SMILES string of the molecule is CC(=O)N(CC(=O)CBr)c1cccc(C)c1. The highest BCUT2D eigenvalue weighted by molar-refractivity contribution is 9.09. The number of benzene rings is 1. The van der Waals surface area contributed by atoms with Gasteiger partial charge in [0.1, 0.15) is 0 Å². The summed E-state index contributed by atoms with van der Waals surface area (Å²) in [6.45, 7) is 3.53. The summed E-state index contributed by atoms with van der Waals surface area (Å²) in [5, 5.41) is 0.266. The second kappa shape index (κ2) is 5.80. The van der Waals surface area contributed by atoms with Crippen molar-refractivity contribution in [1.29, 1.82) is 0 Å². The van der Waals surface area contributed by atoms with Crippen LogP contribution in [0.2, 0.25) is 0 Å². The predicted molar refractivity (Wildman–Crippen MR) is 68.0 cm³/mol. The van der Waals surface area contributed by atoms with E-state index in [1.165, 1.54) is 11.8 Å². The van der Waals surface area contributed by atoms with Crippen LogP contribution >= 0.6 is 15.9 Å². The van der Waals surface area contributed by atoms with Gasteiger partial charge in [-0.2, -0.15) is 0 Å². The van der Waals surface area contributed by atoms with E-state index in [1.807, 2.05) is 31.2 Å². The van der Waals surface area contributed by atoms with Crippen LogP contribution in [0.4, 0.5) is 5.69 Å². The highest BCUT2D eigenvalue weighted by Crippen LogP contribution is 2.16. The highest BCUT2D eigenvalue weighted by atomic mass is 79.9. The summed E-state index contributed by atoms with van der Waals surface area (Å²) in [6, 6.07) is 7.55. The molecule has 0 saturated carbocycles. The minimum absolute atomic E-state index is 0.0169. The average molecular weight is 284 g/mol. The van der Waals surface area contributed by atoms with Gasteiger partial charge < -0.3 is 4.90 Å². The number of rotatable bonds is 4. The van der Waals surface area contributed by atoms with Gasteiger partial charge in [-0.05, 0) is 24.6 Å². The number of hydrogen-bond acceptors (Lipinski definition) is 2. The Morgan fingerprint density at radius 3 is 2.56 bits per heavy atom. The molecule has 1 rings (SSSR count). The molecule has 86 valence electrons. The van der Waals surface area contributed by atoms with Crippen LogP contribution in [-0.2, 0) is 9.59 Å². The lowest BCUT2D eigenvalue weighted by atomic mass is 10.2. The molecule has 0 fully saturated rings. The number of alkyl halides is 1. The zero-order valence-electron chi connectivity index (χ0n) is 9.37. The van der Waals surface area contributed by atoms with Gasteiger partial charge in [0, 0.05) is 12.6 Å². The van der Waals surface area contributed by atoms with Crippen molar-refractivity contribution >= 4 is 33.3 Å². The lowest BCUT2D eigenvalue weighted by Crippen LogP contribution is -2.34. The summed E-state index contributed by atoms with van der Waals surface area (Å²) < 4.78 is 0. The Bertz CT molecular complexity index is 404. The van der Waals surface area contributed by atoms with E-state index in [4.69, 9.17) is 0 Å². The van der Waals surface area contributed by atoms with Gasteiger partial charge in [-0.25, -0.2) is 0 Å². The molecule has 16 heavy (non-hydrogen) atoms. The second-order valence-electron chi connectivity index (χ2n) is 3.62. The van der Waals surface area contributed by atoms with Crippen LogP contribution in [0.3, 0.4) is 0 Å². The molecule has 0 bridgehead atoms. The number of halogens is 1. The standard InChI is InChI=1S/C12H14BrNO2/c1-9-4-3-5-11(6-9)14(10(2)15)8-12(16)7-13/h3-6H,7-8H2,1-2H3. The molecular weight excluding hydrogens is 270 g/mol. The van der Waals surface area contributed by atoms with Crippen molar-refractivity contribution in [2.75, 3.05) is 16.8 Å². The van der Waals surface area contributed by atoms with Crippen LogP contribution in [0, 0.1) is 6.92 Å². The number of hydrogen-bond donors (Lipinski definition) is 0. The number of aryl methyl sites for hydroxylation is 1. The number of nitrogens with zero attached hydrogens (tertiary/aromatic N) is 1. The van der Waals surface area contributed by atoms with Crippen LogP contribution in [0.5, 0.6) is 0 Å². The van der Waals surface area contributed by atoms with Crippen molar-refractivity contribution < 1.29 is 9.59 Å². The van der Waals surface area contributed by atoms with E-state index >= 15 is 0 Å². The molecule has 1 aromatic carbocycles. The van der Waals surface area contributed by atoms with Gasteiger partial charge in [0.05, 0.1) is 11.9 Å². The number of anilines is 1. The minimum Gasteiger partial charge on any atom is -0.305 e. The molecule has 3 nitrogen and oxygen atoms in total. The quantitative estimate of drug-likeness (QED) is 0.796. The number of Topliss-reactive ketones (excluding diaryl/α,β-unsaturated/α-hetero) is 1. The average Bonchev–Trinajstić information content (AvgIpc) is 2.25. The number of carbonyl (C=O) groups excluding carboxylic acids is 2. The molecule has 0 aliphatic rings. The molecule has 0 spiro atoms. The lowest BCUT2D eigenvalue weighted by molar-refractivity contribution is -0.120. The van der Waals surface area contributed by atoms with Crippen LogP contribution in [0.1, 0.15) is 12.5 Å². The molecule has 0 aliphatic heterocycles. The summed E-state index contributed by atoms with van der Waals surface area (Å²) >= 11 is 3.09. The van der Waals surface area contributed by atoms with E-state index in [2.05, 4.69) is 15.9 Å². The van der Waals surface area contributed by atoms with Gasteiger partial charge in [-0.1, -0.05) is 28.1 Å². The van der Waals surface area contributed by atoms with E-state index in [0.29, 0.717) is 0 Å². The summed E-state index contributed by atoms with van der Waals surface area (Å²) in [5.41, 5.74) is 1.83. The third-order valence-corrected chi connectivity index (χ3v) is 2.80. The Balaban J connectivity index is 2.94. The van der Waals surface area contributed by atoms with Crippen molar-refractivity contribution in [2.24, 2.45) is 0 Å². The van der Waals surface area contributed by atoms with Crippen molar-refractivity contribution in [1.82, 2.24) is 0 Å². The molecular formula is C12H14BrNO2. The Kier molecular flexibility index (Phi) is 4.68. The van der Waals surface area contributed by atoms with Crippen molar-refractivity contribution in [3.8, 4) is 0 Å². The highest BCUT2D eigenvalue weighted by Gasteiger charge is 2.14. The van der Waals surface area contributed by atoms with Crippen LogP contribution in [0.25, 0.3) is 0 Å². The van der Waals surface area contributed by atoms with Crippen molar-refractivity contribution in [3.63, 3.8) is 0 Å². The maximum absolute atomic E-state index is 11.5. The maximum atomic E-state index is 11.5. The molecule has 1 aromatic rings. The van der Waals surface area contributed by atoms with Gasteiger partial charge in [0.2, 0.25) is 5.91 Å². The number of carbonyl (C=O) groups is 2. The fourth-order valence-corrected chi connectivity index (χ4v) is 1.58. The zero-order valence-corrected chi connectivity index (χ0v) is 11.0. The van der Waals surface area contributed by atoms with Crippen LogP contribution in [-0.4, -0.2) is 23.6 Å². The number of amides is 1. The molecule has 0 N–H and O–H groups in total. The molecule has 1 amide bonds. The first-order valence-corrected chi connectivity index (χ1v) is 6.09. The normalized spacial score (nSPS) is 9.94. The Morgan fingerprint density at radius 1 is 1.38 bits per heavy atom. The van der Waals surface area contributed by atoms with Gasteiger partial charge >= 0.3 is 0 Å². The molecule has 0 aromatic heterocycles. The summed E-state index contributed by atoms with van der Waals surface area (Å²) in [4.78, 5) is 24.3. The fourth-order valence-electron chi connectivity index (χ4n) is 1.40. The van der Waals surface area contributed by atoms with Crippen LogP contribution in [0.15, 0.2) is 24.3 Å². The summed E-state index contributed by atoms with van der Waals surface area (Å²) in [7, 11) is 0. The molecule has 0 saturated heterocycles. The molecule has 0 radical (unpaired) electrons. The molecule has 0 atom stereocenters. The van der Waals surface area contributed by atoms with Gasteiger partial charge in [-0.3, -0.25) is 9.59 Å². The monoisotopic (exact) mass is 283 g/mol. The fraction of sp³-hybridized carbons (Fsp3) is 0.333. The van der Waals surface area contributed by atoms with E-state index < -0.39 is 0 Å². The summed E-state index contributed by atoms with van der Waals surface area (Å²) in [6.07, 6.45) is 0. The molecule has 4 heteroatoms. The largest absolute Gasteiger partial charge is 0.305 e. The van der Waals surface area contributed by atoms with E-state index in [-0.39, 0.29) is 23.6 Å². The first kappa shape index (κ1) is 12.9. The topological polar surface area (TPSA) is 37.4 Å². The second-order valence-corrected chi connectivity index (χ2v) is 4.18. The first-order chi connectivity index (χ1) is 7.54. The van der Waals surface area contributed by atoms with Crippen molar-refractivity contribution in [3.05, 3.63) is 29.8 Å². The summed E-state index contributed by atoms with van der Waals surface area (Å²) in [5.74, 6) is -0.142. The third kappa shape index (κ3) is 3.45. The smallest absolute Gasteiger partial charge is 0.224 e. The minimum atomic E-state index is -0.125. The van der Waals surface area contributed by atoms with Gasteiger partial charge in [0.25, 0.3) is 0 Å². The maximum Gasteiger partial charge on any atom is 0.224 e. The Labute approximate surface area is 104 Å². The van der Waals surface area contributed by atoms with Gasteiger partial charge in [-0.15, -0.1) is 0 Å². The van der Waals surface area contributed by atoms with Crippen LogP contribution < -0.4 is 4.90 Å².